The molecule has 0 N–H and O–H groups in total. The first kappa shape index (κ1) is 15.7. The number of unbranched alkanes of at least 4 members (excludes halogenated alkanes) is 2. The van der Waals surface area contributed by atoms with E-state index in [1.165, 1.54) is 12.1 Å². The van der Waals surface area contributed by atoms with Crippen LogP contribution in [0.2, 0.25) is 0 Å². The van der Waals surface area contributed by atoms with Crippen LogP contribution in [0.4, 0.5) is 5.69 Å². The van der Waals surface area contributed by atoms with Crippen LogP contribution in [-0.4, -0.2) is 4.92 Å². The Labute approximate surface area is 118 Å². The largest absolute Gasteiger partial charge is 0.269 e. The molecule has 0 heterocycles. The highest BCUT2D eigenvalue weighted by atomic mass is 16.6. The van der Waals surface area contributed by atoms with Gasteiger partial charge in [-0.15, -0.1) is 0 Å². The fourth-order valence-electron chi connectivity index (χ4n) is 2.07. The van der Waals surface area contributed by atoms with Gasteiger partial charge in [0.15, 0.2) is 0 Å². The fourth-order valence-corrected chi connectivity index (χ4v) is 2.07. The van der Waals surface area contributed by atoms with E-state index in [0.29, 0.717) is 12.8 Å². The van der Waals surface area contributed by atoms with Gasteiger partial charge >= 0.3 is 0 Å². The van der Waals surface area contributed by atoms with E-state index in [1.54, 1.807) is 12.1 Å². The number of hydrogen-bond donors (Lipinski definition) is 0. The second kappa shape index (κ2) is 7.25. The monoisotopic (exact) mass is 271 g/mol. The third-order valence-corrected chi connectivity index (χ3v) is 3.29. The van der Waals surface area contributed by atoms with Gasteiger partial charge in [-0.25, -0.2) is 0 Å². The van der Waals surface area contributed by atoms with Crippen molar-refractivity contribution in [2.24, 2.45) is 5.41 Å². The maximum Gasteiger partial charge on any atom is 0.269 e. The van der Waals surface area contributed by atoms with Gasteiger partial charge in [-0.05, 0) is 12.0 Å². The lowest BCUT2D eigenvalue weighted by Gasteiger charge is -2.18. The maximum atomic E-state index is 10.6. The molecule has 1 aromatic carbocycles. The molecule has 1 aromatic rings. The van der Waals surface area contributed by atoms with E-state index in [-0.39, 0.29) is 5.69 Å². The third-order valence-electron chi connectivity index (χ3n) is 3.29. The van der Waals surface area contributed by atoms with Gasteiger partial charge in [-0.2, -0.15) is 10.5 Å². The summed E-state index contributed by atoms with van der Waals surface area (Å²) in [6.45, 7) is 2.07. The van der Waals surface area contributed by atoms with Gasteiger partial charge in [-0.1, -0.05) is 38.3 Å². The van der Waals surface area contributed by atoms with Crippen molar-refractivity contribution in [1.29, 1.82) is 10.5 Å². The first-order valence-electron chi connectivity index (χ1n) is 6.63. The summed E-state index contributed by atoms with van der Waals surface area (Å²) < 4.78 is 0. The molecule has 0 aromatic heterocycles. The van der Waals surface area contributed by atoms with Gasteiger partial charge in [0.2, 0.25) is 0 Å². The standard InChI is InChI=1S/C15H17N3O2/c1-2-3-4-9-15(11-16,12-17)10-13-5-7-14(8-6-13)18(19)20/h5-8H,2-4,9-10H2,1H3. The van der Waals surface area contributed by atoms with Gasteiger partial charge in [-0.3, -0.25) is 10.1 Å². The number of hydrogen-bond acceptors (Lipinski definition) is 4. The highest BCUT2D eigenvalue weighted by Crippen LogP contribution is 2.29. The van der Waals surface area contributed by atoms with Crippen LogP contribution in [0.1, 0.15) is 38.2 Å². The number of nitriles is 2. The summed E-state index contributed by atoms with van der Waals surface area (Å²) in [6.07, 6.45) is 3.70. The number of nitro groups is 1. The highest BCUT2D eigenvalue weighted by Gasteiger charge is 2.29. The van der Waals surface area contributed by atoms with Gasteiger partial charge in [0, 0.05) is 18.6 Å². The number of nitrogens with zero attached hydrogens (tertiary/aromatic N) is 3. The first-order chi connectivity index (χ1) is 9.56. The lowest BCUT2D eigenvalue weighted by Crippen LogP contribution is -2.19. The van der Waals surface area contributed by atoms with E-state index in [1.807, 2.05) is 0 Å². The van der Waals surface area contributed by atoms with Crippen LogP contribution in [0.25, 0.3) is 0 Å². The zero-order valence-corrected chi connectivity index (χ0v) is 11.5. The Hall–Kier alpha value is -2.40. The lowest BCUT2D eigenvalue weighted by molar-refractivity contribution is -0.384. The minimum Gasteiger partial charge on any atom is -0.258 e. The summed E-state index contributed by atoms with van der Waals surface area (Å²) in [6, 6.07) is 10.3. The third kappa shape index (κ3) is 4.07. The van der Waals surface area contributed by atoms with E-state index in [9.17, 15) is 20.6 Å². The quantitative estimate of drug-likeness (QED) is 0.429. The molecule has 20 heavy (non-hydrogen) atoms. The molecule has 104 valence electrons. The molecule has 0 bridgehead atoms. The maximum absolute atomic E-state index is 10.6. The molecule has 0 amide bonds. The van der Waals surface area contributed by atoms with Gasteiger partial charge in [0.25, 0.3) is 5.69 Å². The Bertz CT molecular complexity index is 524. The Balaban J connectivity index is 2.83. The summed E-state index contributed by atoms with van der Waals surface area (Å²) in [4.78, 5) is 10.1. The predicted octanol–water partition coefficient (Wildman–Crippen LogP) is 3.75. The molecule has 1 rings (SSSR count). The van der Waals surface area contributed by atoms with Crippen LogP contribution in [-0.2, 0) is 6.42 Å². The predicted molar refractivity (Wildman–Crippen MR) is 74.6 cm³/mol. The van der Waals surface area contributed by atoms with E-state index >= 15 is 0 Å². The second-order valence-electron chi connectivity index (χ2n) is 4.86. The van der Waals surface area contributed by atoms with Crippen molar-refractivity contribution in [3.63, 3.8) is 0 Å². The molecular weight excluding hydrogens is 254 g/mol. The van der Waals surface area contributed by atoms with E-state index < -0.39 is 10.3 Å². The van der Waals surface area contributed by atoms with Crippen LogP contribution in [0.3, 0.4) is 0 Å². The zero-order chi connectivity index (χ0) is 15.0. The summed E-state index contributed by atoms with van der Waals surface area (Å²) in [7, 11) is 0. The van der Waals surface area contributed by atoms with Crippen molar-refractivity contribution in [2.45, 2.75) is 39.0 Å². The van der Waals surface area contributed by atoms with Crippen molar-refractivity contribution < 1.29 is 4.92 Å². The molecule has 0 fully saturated rings. The molecule has 0 unspecified atom stereocenters. The van der Waals surface area contributed by atoms with Crippen molar-refractivity contribution >= 4 is 5.69 Å². The number of rotatable bonds is 7. The SMILES string of the molecule is CCCCCC(C#N)(C#N)Cc1ccc([N+](=O)[O-])cc1. The molecule has 5 nitrogen and oxygen atoms in total. The summed E-state index contributed by atoms with van der Waals surface area (Å²) in [5.41, 5.74) is -0.250. The molecule has 0 saturated heterocycles. The van der Waals surface area contributed by atoms with Gasteiger partial charge in [0.1, 0.15) is 5.41 Å². The molecular formula is C15H17N3O2. The van der Waals surface area contributed by atoms with Crippen molar-refractivity contribution in [3.05, 3.63) is 39.9 Å². The minimum absolute atomic E-state index is 0.0132. The molecule has 0 aliphatic carbocycles. The number of non-ortho nitro benzene ring substituents is 1. The Morgan fingerprint density at radius 2 is 1.80 bits per heavy atom. The Kier molecular flexibility index (Phi) is 5.68. The van der Waals surface area contributed by atoms with Crippen molar-refractivity contribution in [2.75, 3.05) is 0 Å². The Morgan fingerprint density at radius 3 is 2.25 bits per heavy atom. The molecule has 0 aliphatic heterocycles. The van der Waals surface area contributed by atoms with Crippen molar-refractivity contribution in [3.8, 4) is 12.1 Å². The zero-order valence-electron chi connectivity index (χ0n) is 11.5. The molecule has 0 atom stereocenters. The highest BCUT2D eigenvalue weighted by molar-refractivity contribution is 5.34. The molecule has 0 spiro atoms. The smallest absolute Gasteiger partial charge is 0.258 e. The number of benzene rings is 1. The van der Waals surface area contributed by atoms with Crippen molar-refractivity contribution in [1.82, 2.24) is 0 Å². The molecule has 0 saturated carbocycles. The summed E-state index contributed by atoms with van der Waals surface area (Å²) in [5, 5.41) is 29.2. The van der Waals surface area contributed by atoms with Gasteiger partial charge < -0.3 is 0 Å². The normalized spacial score (nSPS) is 10.6. The molecule has 0 radical (unpaired) electrons. The van der Waals surface area contributed by atoms with Gasteiger partial charge in [0.05, 0.1) is 17.1 Å². The fraction of sp³-hybridized carbons (Fsp3) is 0.467. The van der Waals surface area contributed by atoms with Crippen LogP contribution < -0.4 is 0 Å². The van der Waals surface area contributed by atoms with Crippen LogP contribution in [0.15, 0.2) is 24.3 Å². The van der Waals surface area contributed by atoms with E-state index in [0.717, 1.165) is 24.8 Å². The first-order valence-corrected chi connectivity index (χ1v) is 6.63. The number of nitro benzene ring substituents is 1. The lowest BCUT2D eigenvalue weighted by atomic mass is 9.80. The minimum atomic E-state index is -1.04. The summed E-state index contributed by atoms with van der Waals surface area (Å²) >= 11 is 0. The van der Waals surface area contributed by atoms with E-state index in [4.69, 9.17) is 0 Å². The van der Waals surface area contributed by atoms with Crippen LogP contribution in [0, 0.1) is 38.2 Å². The van der Waals surface area contributed by atoms with Crippen LogP contribution >= 0.6 is 0 Å². The van der Waals surface area contributed by atoms with Crippen LogP contribution in [0.5, 0.6) is 0 Å². The van der Waals surface area contributed by atoms with E-state index in [2.05, 4.69) is 19.1 Å². The summed E-state index contributed by atoms with van der Waals surface area (Å²) in [5.74, 6) is 0. The second-order valence-corrected chi connectivity index (χ2v) is 4.86. The topological polar surface area (TPSA) is 90.7 Å². The average molecular weight is 271 g/mol. The molecule has 0 aliphatic rings. The average Bonchev–Trinajstić information content (AvgIpc) is 2.47. The Morgan fingerprint density at radius 1 is 1.20 bits per heavy atom. The molecule has 5 heteroatoms.